The van der Waals surface area contributed by atoms with Gasteiger partial charge in [0.25, 0.3) is 0 Å². The van der Waals surface area contributed by atoms with E-state index in [2.05, 4.69) is 200 Å². The van der Waals surface area contributed by atoms with E-state index in [1.54, 1.807) is 0 Å². The van der Waals surface area contributed by atoms with Gasteiger partial charge in [0.2, 0.25) is 0 Å². The summed E-state index contributed by atoms with van der Waals surface area (Å²) in [6.45, 7) is 0. The van der Waals surface area contributed by atoms with Crippen LogP contribution in [0.4, 0.5) is 0 Å². The number of fused-ring (bicyclic) bond motifs is 6. The van der Waals surface area contributed by atoms with E-state index in [9.17, 15) is 0 Å². The third kappa shape index (κ3) is 5.67. The highest BCUT2D eigenvalue weighted by Crippen LogP contribution is 2.56. The first kappa shape index (κ1) is 35.8. The number of para-hydroxylation sites is 2. The summed E-state index contributed by atoms with van der Waals surface area (Å²) >= 11 is 0. The van der Waals surface area contributed by atoms with Crippen LogP contribution in [-0.4, -0.2) is 9.97 Å². The van der Waals surface area contributed by atoms with Gasteiger partial charge >= 0.3 is 0 Å². The van der Waals surface area contributed by atoms with Crippen LogP contribution in [0.1, 0.15) is 22.3 Å². The van der Waals surface area contributed by atoms with Crippen molar-refractivity contribution in [1.29, 1.82) is 0 Å². The van der Waals surface area contributed by atoms with Crippen molar-refractivity contribution in [2.24, 2.45) is 0 Å². The van der Waals surface area contributed by atoms with E-state index in [4.69, 9.17) is 14.4 Å². The van der Waals surface area contributed by atoms with Gasteiger partial charge in [-0.1, -0.05) is 206 Å². The van der Waals surface area contributed by atoms with Crippen molar-refractivity contribution >= 4 is 21.9 Å². The van der Waals surface area contributed by atoms with E-state index in [1.807, 2.05) is 30.3 Å². The summed E-state index contributed by atoms with van der Waals surface area (Å²) < 4.78 is 6.48. The van der Waals surface area contributed by atoms with E-state index in [0.29, 0.717) is 5.82 Å². The number of aromatic nitrogens is 2. The largest absolute Gasteiger partial charge is 0.455 e. The molecular weight excluding hydrogens is 753 g/mol. The summed E-state index contributed by atoms with van der Waals surface area (Å²) in [5.41, 5.74) is 17.8. The van der Waals surface area contributed by atoms with Gasteiger partial charge in [0, 0.05) is 33.0 Å². The topological polar surface area (TPSA) is 38.9 Å². The fourth-order valence-corrected chi connectivity index (χ4v) is 9.84. The zero-order chi connectivity index (χ0) is 41.0. The van der Waals surface area contributed by atoms with Gasteiger partial charge in [0.15, 0.2) is 5.82 Å². The molecule has 2 aromatic heterocycles. The van der Waals surface area contributed by atoms with Crippen molar-refractivity contribution in [1.82, 2.24) is 9.97 Å². The second-order valence-corrected chi connectivity index (χ2v) is 16.0. The predicted octanol–water partition coefficient (Wildman–Crippen LogP) is 15.1. The van der Waals surface area contributed by atoms with Crippen LogP contribution in [0.2, 0.25) is 0 Å². The molecule has 2 heterocycles. The van der Waals surface area contributed by atoms with Crippen LogP contribution in [0.5, 0.6) is 0 Å². The summed E-state index contributed by atoms with van der Waals surface area (Å²) in [7, 11) is 0. The van der Waals surface area contributed by atoms with Gasteiger partial charge in [-0.15, -0.1) is 0 Å². The van der Waals surface area contributed by atoms with Crippen LogP contribution in [0.3, 0.4) is 0 Å². The van der Waals surface area contributed by atoms with Gasteiger partial charge in [-0.2, -0.15) is 0 Å². The van der Waals surface area contributed by atoms with Gasteiger partial charge in [-0.3, -0.25) is 0 Å². The number of furan rings is 1. The Labute approximate surface area is 360 Å². The van der Waals surface area contributed by atoms with Crippen molar-refractivity contribution in [2.75, 3.05) is 0 Å². The molecule has 1 aliphatic rings. The summed E-state index contributed by atoms with van der Waals surface area (Å²) in [5.74, 6) is 0.680. The second-order valence-electron chi connectivity index (χ2n) is 16.0. The number of hydrogen-bond donors (Lipinski definition) is 0. The lowest BCUT2D eigenvalue weighted by atomic mass is 9.67. The van der Waals surface area contributed by atoms with Crippen molar-refractivity contribution in [3.63, 3.8) is 0 Å². The van der Waals surface area contributed by atoms with Crippen LogP contribution in [0.25, 0.3) is 89.2 Å². The zero-order valence-corrected chi connectivity index (χ0v) is 33.7. The smallest absolute Gasteiger partial charge is 0.160 e. The van der Waals surface area contributed by atoms with Crippen molar-refractivity contribution < 1.29 is 4.42 Å². The molecule has 0 saturated heterocycles. The lowest BCUT2D eigenvalue weighted by molar-refractivity contribution is 0.670. The Kier molecular flexibility index (Phi) is 8.39. The van der Waals surface area contributed by atoms with Crippen molar-refractivity contribution in [2.45, 2.75) is 5.41 Å². The lowest BCUT2D eigenvalue weighted by Gasteiger charge is -2.34. The molecule has 3 heteroatoms. The van der Waals surface area contributed by atoms with E-state index in [1.165, 1.54) is 33.4 Å². The summed E-state index contributed by atoms with van der Waals surface area (Å²) in [4.78, 5) is 10.7. The molecule has 0 atom stereocenters. The molecule has 0 bridgehead atoms. The van der Waals surface area contributed by atoms with E-state index in [0.717, 1.165) is 72.3 Å². The minimum Gasteiger partial charge on any atom is -0.455 e. The molecule has 290 valence electrons. The Balaban J connectivity index is 1.04. The Bertz CT molecular complexity index is 3420. The van der Waals surface area contributed by atoms with Crippen LogP contribution in [0, 0.1) is 0 Å². The maximum Gasteiger partial charge on any atom is 0.160 e. The van der Waals surface area contributed by atoms with Gasteiger partial charge in [0.05, 0.1) is 16.8 Å². The molecular formula is C59H38N2O. The second kappa shape index (κ2) is 14.5. The number of rotatable bonds is 7. The molecule has 0 aliphatic heterocycles. The number of benzene rings is 9. The summed E-state index contributed by atoms with van der Waals surface area (Å²) in [6, 6.07) is 82.2. The van der Waals surface area contributed by atoms with Crippen LogP contribution in [0.15, 0.2) is 235 Å². The van der Waals surface area contributed by atoms with Crippen molar-refractivity contribution in [3.05, 3.63) is 253 Å². The molecule has 0 radical (unpaired) electrons. The van der Waals surface area contributed by atoms with E-state index >= 15 is 0 Å². The van der Waals surface area contributed by atoms with E-state index < -0.39 is 5.41 Å². The normalized spacial score (nSPS) is 12.6. The minimum absolute atomic E-state index is 0.521. The first-order valence-electron chi connectivity index (χ1n) is 21.1. The Hall–Kier alpha value is -8.14. The molecule has 0 amide bonds. The molecule has 0 saturated carbocycles. The SMILES string of the molecule is c1ccc(-c2nc(-c3ccc4c(c3)C(c3ccccc3)(c3ccccc3)c3ccccc3-4)cc(-c3ccccc3-c3cccc(-c4cccc5c4oc4ccccc45)c3)n2)cc1. The first-order valence-corrected chi connectivity index (χ1v) is 21.1. The molecule has 3 nitrogen and oxygen atoms in total. The maximum atomic E-state index is 6.48. The minimum atomic E-state index is -0.521. The highest BCUT2D eigenvalue weighted by molar-refractivity contribution is 6.09. The third-order valence-electron chi connectivity index (χ3n) is 12.6. The quantitative estimate of drug-likeness (QED) is 0.161. The summed E-state index contributed by atoms with van der Waals surface area (Å²) in [6.07, 6.45) is 0. The monoisotopic (exact) mass is 790 g/mol. The van der Waals surface area contributed by atoms with Crippen LogP contribution in [-0.2, 0) is 5.41 Å². The molecule has 11 aromatic rings. The fraction of sp³-hybridized carbons (Fsp3) is 0.0169. The van der Waals surface area contributed by atoms with Gasteiger partial charge in [-0.25, -0.2) is 9.97 Å². The van der Waals surface area contributed by atoms with Crippen molar-refractivity contribution in [3.8, 4) is 67.3 Å². The first-order chi connectivity index (χ1) is 30.7. The highest BCUT2D eigenvalue weighted by Gasteiger charge is 2.46. The standard InChI is InChI=1S/C59H38N2O/c1-4-18-39(19-5-1)58-60-54(42-34-35-48-47-27-12-14-32-52(47)59(53(48)37-42,43-22-6-2-7-23-43)44-24-8-3-9-25-44)38-55(61-58)49-28-11-10-26-45(49)40-20-16-21-41(36-40)46-30-17-31-51-50-29-13-15-33-56(50)62-57(46)51/h1-38H. The Morgan fingerprint density at radius 1 is 0.323 bits per heavy atom. The molecule has 0 unspecified atom stereocenters. The summed E-state index contributed by atoms with van der Waals surface area (Å²) in [5, 5.41) is 2.24. The average Bonchev–Trinajstić information content (AvgIpc) is 3.88. The lowest BCUT2D eigenvalue weighted by Crippen LogP contribution is -2.28. The fourth-order valence-electron chi connectivity index (χ4n) is 9.84. The molecule has 1 aliphatic carbocycles. The van der Waals surface area contributed by atoms with Gasteiger partial charge in [-0.05, 0) is 74.3 Å². The van der Waals surface area contributed by atoms with Crippen LogP contribution >= 0.6 is 0 Å². The molecule has 0 N–H and O–H groups in total. The number of hydrogen-bond acceptors (Lipinski definition) is 3. The molecule has 9 aromatic carbocycles. The zero-order valence-electron chi connectivity index (χ0n) is 33.7. The van der Waals surface area contributed by atoms with E-state index in [-0.39, 0.29) is 0 Å². The average molecular weight is 791 g/mol. The van der Waals surface area contributed by atoms with Gasteiger partial charge < -0.3 is 4.42 Å². The number of nitrogens with zero attached hydrogens (tertiary/aromatic N) is 2. The molecule has 0 spiro atoms. The van der Waals surface area contributed by atoms with Gasteiger partial charge in [0.1, 0.15) is 11.2 Å². The van der Waals surface area contributed by atoms with Crippen LogP contribution < -0.4 is 0 Å². The third-order valence-corrected chi connectivity index (χ3v) is 12.6. The Morgan fingerprint density at radius 2 is 0.871 bits per heavy atom. The predicted molar refractivity (Wildman–Crippen MR) is 254 cm³/mol. The molecule has 0 fully saturated rings. The highest BCUT2D eigenvalue weighted by atomic mass is 16.3. The molecule has 62 heavy (non-hydrogen) atoms. The molecule has 12 rings (SSSR count). The Morgan fingerprint density at radius 3 is 1.65 bits per heavy atom. The maximum absolute atomic E-state index is 6.48.